The molecule has 0 spiro atoms. The van der Waals surface area contributed by atoms with Gasteiger partial charge in [-0.15, -0.1) is 11.3 Å². The first-order valence-electron chi connectivity index (χ1n) is 12.7. The van der Waals surface area contributed by atoms with Crippen LogP contribution in [0.4, 0.5) is 0 Å². The first-order valence-corrected chi connectivity index (χ1v) is 14.5. The SMILES string of the molecule is CCOC(=O)c1sc2nc(SCC(=O)NCc3ccccc3)n(CCc3ccc(OC)c(OC)c3)c(=O)c2c1C. The van der Waals surface area contributed by atoms with E-state index in [4.69, 9.17) is 19.2 Å². The van der Waals surface area contributed by atoms with Crippen LogP contribution in [0.2, 0.25) is 0 Å². The zero-order chi connectivity index (χ0) is 28.6. The van der Waals surface area contributed by atoms with E-state index in [-0.39, 0.29) is 23.8 Å². The topological polar surface area (TPSA) is 109 Å². The summed E-state index contributed by atoms with van der Waals surface area (Å²) in [5.74, 6) is 0.636. The lowest BCUT2D eigenvalue weighted by Crippen LogP contribution is -2.27. The molecular formula is C29H31N3O6S2. The number of nitrogens with one attached hydrogen (secondary N) is 1. The molecule has 0 radical (unpaired) electrons. The van der Waals surface area contributed by atoms with Gasteiger partial charge in [0.1, 0.15) is 9.71 Å². The van der Waals surface area contributed by atoms with E-state index in [0.717, 1.165) is 22.5 Å². The summed E-state index contributed by atoms with van der Waals surface area (Å²) in [4.78, 5) is 44.5. The molecule has 0 atom stereocenters. The molecule has 0 aliphatic carbocycles. The molecule has 0 saturated heterocycles. The average Bonchev–Trinajstić information content (AvgIpc) is 3.31. The first-order chi connectivity index (χ1) is 19.4. The van der Waals surface area contributed by atoms with Crippen molar-refractivity contribution in [2.75, 3.05) is 26.6 Å². The molecule has 2 heterocycles. The Labute approximate surface area is 240 Å². The predicted molar refractivity (Wildman–Crippen MR) is 157 cm³/mol. The Morgan fingerprint density at radius 3 is 2.50 bits per heavy atom. The summed E-state index contributed by atoms with van der Waals surface area (Å²) in [5.41, 5.74) is 2.22. The van der Waals surface area contributed by atoms with Crippen LogP contribution in [-0.2, 0) is 29.0 Å². The van der Waals surface area contributed by atoms with Crippen molar-refractivity contribution in [1.82, 2.24) is 14.9 Å². The molecule has 11 heteroatoms. The van der Waals surface area contributed by atoms with E-state index in [2.05, 4.69) is 5.32 Å². The molecule has 210 valence electrons. The summed E-state index contributed by atoms with van der Waals surface area (Å²) in [7, 11) is 3.15. The Bertz CT molecular complexity index is 1570. The van der Waals surface area contributed by atoms with Gasteiger partial charge in [0.15, 0.2) is 16.7 Å². The molecule has 0 fully saturated rings. The normalized spacial score (nSPS) is 10.9. The van der Waals surface area contributed by atoms with Gasteiger partial charge in [-0.1, -0.05) is 48.2 Å². The molecule has 4 aromatic rings. The maximum Gasteiger partial charge on any atom is 0.348 e. The van der Waals surface area contributed by atoms with Crippen LogP contribution in [0.5, 0.6) is 11.5 Å². The number of methoxy groups -OCH3 is 2. The van der Waals surface area contributed by atoms with E-state index in [1.807, 2.05) is 48.5 Å². The van der Waals surface area contributed by atoms with Gasteiger partial charge in [-0.05, 0) is 49.1 Å². The van der Waals surface area contributed by atoms with Crippen molar-refractivity contribution in [1.29, 1.82) is 0 Å². The Kier molecular flexibility index (Phi) is 9.84. The maximum atomic E-state index is 13.8. The standard InChI is InChI=1S/C29H31N3O6S2/c1-5-38-28(35)25-18(2)24-26(40-25)31-29(39-17-23(33)30-16-20-9-7-6-8-10-20)32(27(24)34)14-13-19-11-12-21(36-3)22(15-19)37-4/h6-12,15H,5,13-14,16-17H2,1-4H3,(H,30,33). The maximum absolute atomic E-state index is 13.8. The van der Waals surface area contributed by atoms with Crippen LogP contribution in [0, 0.1) is 6.92 Å². The molecular weight excluding hydrogens is 550 g/mol. The Hall–Kier alpha value is -3.83. The van der Waals surface area contributed by atoms with Gasteiger partial charge in [0.25, 0.3) is 5.56 Å². The smallest absolute Gasteiger partial charge is 0.348 e. The van der Waals surface area contributed by atoms with Crippen LogP contribution in [0.1, 0.15) is 33.3 Å². The van der Waals surface area contributed by atoms with Crippen LogP contribution in [0.25, 0.3) is 10.2 Å². The number of amides is 1. The van der Waals surface area contributed by atoms with Crippen molar-refractivity contribution in [3.8, 4) is 11.5 Å². The Morgan fingerprint density at radius 1 is 1.05 bits per heavy atom. The van der Waals surface area contributed by atoms with Gasteiger partial charge in [0.05, 0.1) is 32.0 Å². The second kappa shape index (κ2) is 13.5. The Morgan fingerprint density at radius 2 is 1.80 bits per heavy atom. The summed E-state index contributed by atoms with van der Waals surface area (Å²) in [6.07, 6.45) is 0.509. The van der Waals surface area contributed by atoms with E-state index < -0.39 is 5.97 Å². The van der Waals surface area contributed by atoms with Crippen LogP contribution in [0.15, 0.2) is 58.5 Å². The lowest BCUT2D eigenvalue weighted by molar-refractivity contribution is -0.118. The van der Waals surface area contributed by atoms with Crippen LogP contribution in [0.3, 0.4) is 0 Å². The van der Waals surface area contributed by atoms with Crippen LogP contribution in [-0.4, -0.2) is 48.0 Å². The number of esters is 1. The number of aryl methyl sites for hydroxylation is 2. The highest BCUT2D eigenvalue weighted by atomic mass is 32.2. The van der Waals surface area contributed by atoms with Gasteiger partial charge in [0, 0.05) is 13.1 Å². The zero-order valence-corrected chi connectivity index (χ0v) is 24.4. The summed E-state index contributed by atoms with van der Waals surface area (Å²) in [6, 6.07) is 15.2. The third-order valence-corrected chi connectivity index (χ3v) is 8.36. The highest BCUT2D eigenvalue weighted by molar-refractivity contribution is 7.99. The van der Waals surface area contributed by atoms with Gasteiger partial charge >= 0.3 is 5.97 Å². The predicted octanol–water partition coefficient (Wildman–Crippen LogP) is 4.61. The van der Waals surface area contributed by atoms with Gasteiger partial charge in [-0.2, -0.15) is 0 Å². The number of thioether (sulfide) groups is 1. The van der Waals surface area contributed by atoms with E-state index in [1.165, 1.54) is 11.8 Å². The molecule has 0 aliphatic rings. The number of hydrogen-bond donors (Lipinski definition) is 1. The highest BCUT2D eigenvalue weighted by Gasteiger charge is 2.23. The number of ether oxygens (including phenoxy) is 3. The monoisotopic (exact) mass is 581 g/mol. The highest BCUT2D eigenvalue weighted by Crippen LogP contribution is 2.31. The third kappa shape index (κ3) is 6.65. The third-order valence-electron chi connectivity index (χ3n) is 6.21. The molecule has 1 amide bonds. The molecule has 0 unspecified atom stereocenters. The van der Waals surface area contributed by atoms with Crippen molar-refractivity contribution in [2.24, 2.45) is 0 Å². The largest absolute Gasteiger partial charge is 0.493 e. The van der Waals surface area contributed by atoms with E-state index in [9.17, 15) is 14.4 Å². The molecule has 2 aromatic carbocycles. The second-order valence-electron chi connectivity index (χ2n) is 8.80. The fourth-order valence-corrected chi connectivity index (χ4v) is 6.12. The average molecular weight is 582 g/mol. The fraction of sp³-hybridized carbons (Fsp3) is 0.310. The lowest BCUT2D eigenvalue weighted by Gasteiger charge is -2.14. The van der Waals surface area contributed by atoms with E-state index in [0.29, 0.717) is 56.8 Å². The van der Waals surface area contributed by atoms with Gasteiger partial charge in [-0.25, -0.2) is 9.78 Å². The molecule has 9 nitrogen and oxygen atoms in total. The number of thiophene rings is 1. The van der Waals surface area contributed by atoms with E-state index >= 15 is 0 Å². The summed E-state index contributed by atoms with van der Waals surface area (Å²) < 4.78 is 17.5. The minimum atomic E-state index is -0.478. The fourth-order valence-electron chi connectivity index (χ4n) is 4.15. The molecule has 0 aliphatic heterocycles. The van der Waals surface area contributed by atoms with Crippen LogP contribution >= 0.6 is 23.1 Å². The Balaban J connectivity index is 1.63. The van der Waals surface area contributed by atoms with Gasteiger partial charge < -0.3 is 19.5 Å². The van der Waals surface area contributed by atoms with Crippen molar-refractivity contribution in [3.63, 3.8) is 0 Å². The van der Waals surface area contributed by atoms with Crippen LogP contribution < -0.4 is 20.3 Å². The number of hydrogen-bond acceptors (Lipinski definition) is 9. The number of nitrogens with zero attached hydrogens (tertiary/aromatic N) is 2. The van der Waals surface area contributed by atoms with Crippen molar-refractivity contribution in [2.45, 2.75) is 38.5 Å². The number of fused-ring (bicyclic) bond motifs is 1. The molecule has 0 saturated carbocycles. The number of aromatic nitrogens is 2. The molecule has 40 heavy (non-hydrogen) atoms. The van der Waals surface area contributed by atoms with Gasteiger partial charge in [-0.3, -0.25) is 14.2 Å². The zero-order valence-electron chi connectivity index (χ0n) is 22.8. The quantitative estimate of drug-likeness (QED) is 0.147. The lowest BCUT2D eigenvalue weighted by atomic mass is 10.1. The number of benzene rings is 2. The van der Waals surface area contributed by atoms with E-state index in [1.54, 1.807) is 32.6 Å². The minimum Gasteiger partial charge on any atom is -0.493 e. The molecule has 1 N–H and O–H groups in total. The van der Waals surface area contributed by atoms with Gasteiger partial charge in [0.2, 0.25) is 5.91 Å². The summed E-state index contributed by atoms with van der Waals surface area (Å²) in [5, 5.41) is 3.70. The minimum absolute atomic E-state index is 0.0796. The number of rotatable bonds is 12. The summed E-state index contributed by atoms with van der Waals surface area (Å²) >= 11 is 2.32. The van der Waals surface area contributed by atoms with Crippen molar-refractivity contribution < 1.29 is 23.8 Å². The van der Waals surface area contributed by atoms with Crippen molar-refractivity contribution in [3.05, 3.63) is 80.5 Å². The molecule has 2 aromatic heterocycles. The summed E-state index contributed by atoms with van der Waals surface area (Å²) in [6.45, 7) is 4.42. The first kappa shape index (κ1) is 29.2. The van der Waals surface area contributed by atoms with Crippen molar-refractivity contribution >= 4 is 45.2 Å². The second-order valence-corrected chi connectivity index (χ2v) is 10.7. The molecule has 0 bridgehead atoms. The molecule has 4 rings (SSSR count). The number of carbonyl (C=O) groups is 2. The number of carbonyl (C=O) groups excluding carboxylic acids is 2.